The van der Waals surface area contributed by atoms with Crippen LogP contribution in [0.5, 0.6) is 0 Å². The van der Waals surface area contributed by atoms with E-state index in [2.05, 4.69) is 11.4 Å². The monoisotopic (exact) mass is 438 g/mol. The topological polar surface area (TPSA) is 58.6 Å². The number of anilines is 1. The Morgan fingerprint density at radius 1 is 1.13 bits per heavy atom. The van der Waals surface area contributed by atoms with Crippen LogP contribution in [0, 0.1) is 0 Å². The van der Waals surface area contributed by atoms with Gasteiger partial charge in [0.2, 0.25) is 5.91 Å². The second-order valence-electron chi connectivity index (χ2n) is 8.48. The number of amides is 2. The molecule has 0 spiro atoms. The third-order valence-electron chi connectivity index (χ3n) is 6.23. The van der Waals surface area contributed by atoms with Crippen molar-refractivity contribution < 1.29 is 14.3 Å². The zero-order valence-electron chi connectivity index (χ0n) is 18.0. The summed E-state index contributed by atoms with van der Waals surface area (Å²) in [5, 5.41) is 3.72. The zero-order chi connectivity index (χ0) is 21.7. The first-order valence-electron chi connectivity index (χ1n) is 11.0. The molecule has 2 amide bonds. The van der Waals surface area contributed by atoms with Gasteiger partial charge in [0.1, 0.15) is 5.54 Å². The lowest BCUT2D eigenvalue weighted by atomic mass is 9.96. The molecular weight excluding hydrogens is 408 g/mol. The highest BCUT2D eigenvalue weighted by molar-refractivity contribution is 7.99. The largest absolute Gasteiger partial charge is 0.381 e. The van der Waals surface area contributed by atoms with Crippen molar-refractivity contribution in [3.63, 3.8) is 0 Å². The van der Waals surface area contributed by atoms with Gasteiger partial charge >= 0.3 is 0 Å². The predicted molar refractivity (Wildman–Crippen MR) is 125 cm³/mol. The number of ether oxygens (including phenoxy) is 1. The molecule has 0 saturated carbocycles. The van der Waals surface area contributed by atoms with Gasteiger partial charge in [-0.3, -0.25) is 9.59 Å². The molecule has 164 valence electrons. The van der Waals surface area contributed by atoms with E-state index in [4.69, 9.17) is 4.74 Å². The van der Waals surface area contributed by atoms with Crippen molar-refractivity contribution in [2.75, 3.05) is 25.1 Å². The molecule has 5 nitrogen and oxygen atoms in total. The second-order valence-corrected chi connectivity index (χ2v) is 9.77. The minimum atomic E-state index is -0.847. The van der Waals surface area contributed by atoms with Gasteiger partial charge in [0.05, 0.1) is 0 Å². The third kappa shape index (κ3) is 5.13. The molecule has 2 fully saturated rings. The lowest BCUT2D eigenvalue weighted by Gasteiger charge is -2.34. The first-order chi connectivity index (χ1) is 15.1. The lowest BCUT2D eigenvalue weighted by molar-refractivity contribution is -0.124. The Labute approximate surface area is 188 Å². The van der Waals surface area contributed by atoms with E-state index in [1.807, 2.05) is 55.1 Å². The summed E-state index contributed by atoms with van der Waals surface area (Å²) in [5.41, 5.74) is 1.76. The second kappa shape index (κ2) is 9.88. The number of nitrogens with zero attached hydrogens (tertiary/aromatic N) is 1. The fraction of sp³-hybridized carbons (Fsp3) is 0.440. The van der Waals surface area contributed by atoms with Gasteiger partial charge in [-0.1, -0.05) is 30.3 Å². The van der Waals surface area contributed by atoms with Crippen LogP contribution < -0.4 is 5.32 Å². The summed E-state index contributed by atoms with van der Waals surface area (Å²) < 4.78 is 5.44. The molecule has 2 heterocycles. The maximum absolute atomic E-state index is 13.3. The molecule has 1 atom stereocenters. The van der Waals surface area contributed by atoms with E-state index in [-0.39, 0.29) is 11.8 Å². The predicted octanol–water partition coefficient (Wildman–Crippen LogP) is 4.73. The minimum absolute atomic E-state index is 0.0858. The zero-order valence-corrected chi connectivity index (χ0v) is 18.8. The van der Waals surface area contributed by atoms with Crippen LogP contribution in [0.2, 0.25) is 0 Å². The van der Waals surface area contributed by atoms with Crippen molar-refractivity contribution >= 4 is 29.3 Å². The molecule has 4 rings (SSSR count). The Hall–Kier alpha value is -2.31. The minimum Gasteiger partial charge on any atom is -0.381 e. The molecular formula is C25H30N2O3S. The number of carbonyl (C=O) groups is 2. The van der Waals surface area contributed by atoms with Crippen molar-refractivity contribution in [2.45, 2.75) is 49.1 Å². The van der Waals surface area contributed by atoms with Crippen LogP contribution in [0.1, 0.15) is 48.5 Å². The summed E-state index contributed by atoms with van der Waals surface area (Å²) in [6.07, 6.45) is 3.69. The molecule has 0 aromatic heterocycles. The summed E-state index contributed by atoms with van der Waals surface area (Å²) in [6, 6.07) is 17.3. The van der Waals surface area contributed by atoms with Gasteiger partial charge in [-0.15, -0.1) is 0 Å². The van der Waals surface area contributed by atoms with E-state index in [9.17, 15) is 9.59 Å². The quantitative estimate of drug-likeness (QED) is 0.708. The number of nitrogens with one attached hydrogen (secondary N) is 1. The molecule has 2 aliphatic rings. The molecule has 1 N–H and O–H groups in total. The molecule has 0 radical (unpaired) electrons. The molecule has 0 bridgehead atoms. The first-order valence-corrected chi connectivity index (χ1v) is 12.1. The van der Waals surface area contributed by atoms with Gasteiger partial charge < -0.3 is 15.0 Å². The van der Waals surface area contributed by atoms with Crippen molar-refractivity contribution in [1.82, 2.24) is 4.90 Å². The summed E-state index contributed by atoms with van der Waals surface area (Å²) in [6.45, 7) is 4.18. The summed E-state index contributed by atoms with van der Waals surface area (Å²) in [7, 11) is 0. The van der Waals surface area contributed by atoms with Gasteiger partial charge in [0, 0.05) is 42.0 Å². The highest BCUT2D eigenvalue weighted by atomic mass is 32.2. The molecule has 2 aromatic rings. The Balaban J connectivity index is 1.41. The van der Waals surface area contributed by atoms with E-state index >= 15 is 0 Å². The molecule has 0 aliphatic carbocycles. The SMILES string of the molecule is CC1(C(=O)Nc2cccc(CSC3CCOCC3)c2)CCCN1C(=O)c1ccccc1. The third-order valence-corrected chi connectivity index (χ3v) is 7.68. The Kier molecular flexibility index (Phi) is 6.98. The van der Waals surface area contributed by atoms with Gasteiger partial charge in [0.15, 0.2) is 0 Å². The van der Waals surface area contributed by atoms with Gasteiger partial charge in [-0.2, -0.15) is 11.8 Å². The summed E-state index contributed by atoms with van der Waals surface area (Å²) >= 11 is 1.96. The summed E-state index contributed by atoms with van der Waals surface area (Å²) in [5.74, 6) is 0.713. The fourth-order valence-corrected chi connectivity index (χ4v) is 5.46. The lowest BCUT2D eigenvalue weighted by Crippen LogP contribution is -2.53. The molecule has 6 heteroatoms. The van der Waals surface area contributed by atoms with E-state index in [1.54, 1.807) is 17.0 Å². The molecule has 31 heavy (non-hydrogen) atoms. The van der Waals surface area contributed by atoms with Crippen LogP contribution in [0.25, 0.3) is 0 Å². The molecule has 2 aromatic carbocycles. The maximum atomic E-state index is 13.3. The average Bonchev–Trinajstić information content (AvgIpc) is 3.21. The first kappa shape index (κ1) is 21.9. The van der Waals surface area contributed by atoms with Crippen LogP contribution in [0.15, 0.2) is 54.6 Å². The van der Waals surface area contributed by atoms with E-state index < -0.39 is 5.54 Å². The maximum Gasteiger partial charge on any atom is 0.254 e. The number of benzene rings is 2. The van der Waals surface area contributed by atoms with Crippen molar-refractivity contribution in [3.8, 4) is 0 Å². The Bertz CT molecular complexity index is 914. The van der Waals surface area contributed by atoms with E-state index in [1.165, 1.54) is 5.56 Å². The Morgan fingerprint density at radius 3 is 2.68 bits per heavy atom. The van der Waals surface area contributed by atoms with Gasteiger partial charge in [0.25, 0.3) is 5.91 Å². The number of rotatable bonds is 6. The van der Waals surface area contributed by atoms with Crippen LogP contribution in [0.4, 0.5) is 5.69 Å². The standard InChI is InChI=1S/C25H30N2O3S/c1-25(13-6-14-27(25)23(28)20-8-3-2-4-9-20)24(29)26-21-10-5-7-19(17-21)18-31-22-11-15-30-16-12-22/h2-5,7-10,17,22H,6,11-16,18H2,1H3,(H,26,29). The van der Waals surface area contributed by atoms with Crippen LogP contribution in [-0.2, 0) is 15.3 Å². The van der Waals surface area contributed by atoms with Crippen LogP contribution in [-0.4, -0.2) is 47.3 Å². The van der Waals surface area contributed by atoms with Gasteiger partial charge in [-0.05, 0) is 62.4 Å². The highest BCUT2D eigenvalue weighted by Gasteiger charge is 2.45. The van der Waals surface area contributed by atoms with Crippen LogP contribution in [0.3, 0.4) is 0 Å². The molecule has 2 aliphatic heterocycles. The number of thioether (sulfide) groups is 1. The highest BCUT2D eigenvalue weighted by Crippen LogP contribution is 2.32. The number of hydrogen-bond acceptors (Lipinski definition) is 4. The normalized spacial score (nSPS) is 21.8. The van der Waals surface area contributed by atoms with Gasteiger partial charge in [-0.25, -0.2) is 0 Å². The number of carbonyl (C=O) groups excluding carboxylic acids is 2. The van der Waals surface area contributed by atoms with Crippen molar-refractivity contribution in [3.05, 3.63) is 65.7 Å². The van der Waals surface area contributed by atoms with Crippen molar-refractivity contribution in [1.29, 1.82) is 0 Å². The smallest absolute Gasteiger partial charge is 0.254 e. The van der Waals surface area contributed by atoms with Crippen molar-refractivity contribution in [2.24, 2.45) is 0 Å². The summed E-state index contributed by atoms with van der Waals surface area (Å²) in [4.78, 5) is 28.0. The number of likely N-dealkylation sites (tertiary alicyclic amines) is 1. The Morgan fingerprint density at radius 2 is 1.90 bits per heavy atom. The molecule has 2 saturated heterocycles. The van der Waals surface area contributed by atoms with E-state index in [0.29, 0.717) is 23.8 Å². The fourth-order valence-electron chi connectivity index (χ4n) is 4.32. The van der Waals surface area contributed by atoms with Crippen LogP contribution >= 0.6 is 11.8 Å². The molecule has 1 unspecified atom stereocenters. The number of hydrogen-bond donors (Lipinski definition) is 1. The van der Waals surface area contributed by atoms with E-state index in [0.717, 1.165) is 43.9 Å². The average molecular weight is 439 g/mol.